The zero-order valence-corrected chi connectivity index (χ0v) is 23.8. The van der Waals surface area contributed by atoms with Gasteiger partial charge in [0.25, 0.3) is 0 Å². The van der Waals surface area contributed by atoms with Crippen LogP contribution in [-0.4, -0.2) is 19.5 Å². The van der Waals surface area contributed by atoms with Gasteiger partial charge in [-0.25, -0.2) is 0 Å². The summed E-state index contributed by atoms with van der Waals surface area (Å²) >= 11 is 3.85. The van der Waals surface area contributed by atoms with Gasteiger partial charge < -0.3 is 0 Å². The second-order valence-electron chi connectivity index (χ2n) is 8.64. The molecule has 5 aromatic carbocycles. The molecular weight excluding hydrogens is 539 g/mol. The van der Waals surface area contributed by atoms with Crippen molar-refractivity contribution in [3.8, 4) is 0 Å². The number of hydrogen-bond acceptors (Lipinski definition) is 1. The molecule has 5 aromatic rings. The molecule has 0 aromatic heterocycles. The van der Waals surface area contributed by atoms with Crippen molar-refractivity contribution in [1.82, 2.24) is 4.44 Å². The fourth-order valence-electron chi connectivity index (χ4n) is 4.58. The summed E-state index contributed by atoms with van der Waals surface area (Å²) in [6.45, 7) is 2.37. The Kier molecular flexibility index (Phi) is 8.13. The van der Waals surface area contributed by atoms with Crippen LogP contribution >= 0.6 is 13.7 Å². The average molecular weight is 568 g/mol. The number of benzene rings is 5. The first-order chi connectivity index (χ1) is 17.7. The van der Waals surface area contributed by atoms with Gasteiger partial charge >= 0.3 is 225 Å². The molecule has 0 amide bonds. The summed E-state index contributed by atoms with van der Waals surface area (Å²) in [5.74, 6) is 0. The molecule has 0 unspecified atom stereocenters. The normalized spacial score (nSPS) is 12.5. The average Bonchev–Trinajstić information content (AvgIpc) is 2.97. The van der Waals surface area contributed by atoms with Crippen LogP contribution in [0.1, 0.15) is 18.5 Å². The van der Waals surface area contributed by atoms with Gasteiger partial charge in [-0.05, 0) is 0 Å². The quantitative estimate of drug-likeness (QED) is 0.148. The van der Waals surface area contributed by atoms with Gasteiger partial charge in [0.05, 0.1) is 0 Å². The molecule has 36 heavy (non-hydrogen) atoms. The van der Waals surface area contributed by atoms with Gasteiger partial charge in [0, 0.05) is 0 Å². The van der Waals surface area contributed by atoms with Crippen molar-refractivity contribution in [2.75, 3.05) is 0 Å². The van der Waals surface area contributed by atoms with Crippen LogP contribution in [-0.2, 0) is 0 Å². The summed E-state index contributed by atoms with van der Waals surface area (Å²) < 4.78 is 2.83. The molecule has 1 nitrogen and oxygen atoms in total. The molecule has 0 aliphatic rings. The minimum absolute atomic E-state index is 0.174. The molecule has 178 valence electrons. The third kappa shape index (κ3) is 5.12. The van der Waals surface area contributed by atoms with Gasteiger partial charge in [-0.2, -0.15) is 0 Å². The Balaban J connectivity index is 1.84. The van der Waals surface area contributed by atoms with Crippen molar-refractivity contribution in [2.45, 2.75) is 13.0 Å². The summed E-state index contributed by atoms with van der Waals surface area (Å²) in [6.07, 6.45) is 0. The summed E-state index contributed by atoms with van der Waals surface area (Å²) in [5, 5.41) is 5.40. The fourth-order valence-corrected chi connectivity index (χ4v) is 15.3. The number of hydrogen-bond donors (Lipinski definition) is 0. The Labute approximate surface area is 223 Å². The Morgan fingerprint density at radius 2 is 0.861 bits per heavy atom. The Morgan fingerprint density at radius 1 is 0.528 bits per heavy atom. The van der Waals surface area contributed by atoms with E-state index in [0.717, 1.165) is 0 Å². The maximum atomic E-state index is 3.85. The van der Waals surface area contributed by atoms with Crippen LogP contribution in [0.2, 0.25) is 0 Å². The van der Waals surface area contributed by atoms with Crippen LogP contribution in [0.15, 0.2) is 152 Å². The van der Waals surface area contributed by atoms with E-state index in [1.165, 1.54) is 26.8 Å². The van der Waals surface area contributed by atoms with E-state index in [0.29, 0.717) is 0 Å². The number of rotatable bonds is 8. The van der Waals surface area contributed by atoms with E-state index in [1.807, 2.05) is 0 Å². The molecule has 0 heterocycles. The van der Waals surface area contributed by atoms with E-state index in [1.54, 1.807) is 0 Å². The van der Waals surface area contributed by atoms with Crippen molar-refractivity contribution >= 4 is 50.0 Å². The zero-order chi connectivity index (χ0) is 24.8. The van der Waals surface area contributed by atoms with E-state index in [2.05, 4.69) is 178 Å². The molecule has 0 bridgehead atoms. The molecule has 0 aliphatic heterocycles. The maximum absolute atomic E-state index is 3.85. The predicted molar refractivity (Wildman–Crippen MR) is 161 cm³/mol. The third-order valence-electron chi connectivity index (χ3n) is 6.34. The number of nitrogens with zero attached hydrogens (tertiary/aromatic N) is 1. The molecule has 5 rings (SSSR count). The molecule has 0 fully saturated rings. The van der Waals surface area contributed by atoms with E-state index in [9.17, 15) is 0 Å². The summed E-state index contributed by atoms with van der Waals surface area (Å²) in [4.78, 5) is 0. The van der Waals surface area contributed by atoms with E-state index >= 15 is 0 Å². The van der Waals surface area contributed by atoms with Gasteiger partial charge in [-0.1, -0.05) is 0 Å². The first kappa shape index (κ1) is 25.1. The van der Waals surface area contributed by atoms with Gasteiger partial charge in [-0.3, -0.25) is 0 Å². The van der Waals surface area contributed by atoms with Crippen molar-refractivity contribution in [3.05, 3.63) is 157 Å². The molecular formula is C32H29NP2Se. The molecule has 0 radical (unpaired) electrons. The monoisotopic (exact) mass is 569 g/mol. The van der Waals surface area contributed by atoms with Gasteiger partial charge in [0.1, 0.15) is 0 Å². The van der Waals surface area contributed by atoms with Crippen LogP contribution in [0.25, 0.3) is 0 Å². The predicted octanol–water partition coefficient (Wildman–Crippen LogP) is 6.76. The molecule has 0 N–H and O–H groups in total. The van der Waals surface area contributed by atoms with Crippen molar-refractivity contribution in [3.63, 3.8) is 0 Å². The molecule has 0 spiro atoms. The van der Waals surface area contributed by atoms with Crippen LogP contribution < -0.4 is 21.2 Å². The van der Waals surface area contributed by atoms with Gasteiger partial charge in [0.15, 0.2) is 0 Å². The Bertz CT molecular complexity index is 1330. The topological polar surface area (TPSA) is 3.24 Å². The standard InChI is InChI=1S/C32H29NP2Se/c1-27(28-17-7-2-8-18-28)33(34(29-19-9-3-10-20-29)30-21-11-4-12-22-30)35(36,31-23-13-5-14-24-31)32-25-15-6-16-26-32/h2-27H,1H3/t27-/m0/s1. The Morgan fingerprint density at radius 3 is 1.25 bits per heavy atom. The molecule has 1 atom stereocenters. The van der Waals surface area contributed by atoms with Crippen LogP contribution in [0, 0.1) is 0 Å². The molecule has 0 saturated heterocycles. The third-order valence-corrected chi connectivity index (χ3v) is 17.5. The van der Waals surface area contributed by atoms with E-state index in [4.69, 9.17) is 0 Å². The van der Waals surface area contributed by atoms with Crippen LogP contribution in [0.4, 0.5) is 0 Å². The van der Waals surface area contributed by atoms with Gasteiger partial charge in [0.2, 0.25) is 0 Å². The van der Waals surface area contributed by atoms with Crippen molar-refractivity contribution < 1.29 is 0 Å². The zero-order valence-electron chi connectivity index (χ0n) is 20.3. The molecule has 0 aliphatic carbocycles. The first-order valence-electron chi connectivity index (χ1n) is 12.2. The Hall–Kier alpha value is -2.56. The summed E-state index contributed by atoms with van der Waals surface area (Å²) in [7, 11) is -0.861. The van der Waals surface area contributed by atoms with E-state index < -0.39 is 13.7 Å². The fraction of sp³-hybridized carbons (Fsp3) is 0.0625. The minimum atomic E-state index is -2.16. The van der Waals surface area contributed by atoms with Crippen LogP contribution in [0.5, 0.6) is 0 Å². The second-order valence-corrected chi connectivity index (χ2v) is 17.0. The second kappa shape index (κ2) is 11.7. The molecule has 4 heteroatoms. The van der Waals surface area contributed by atoms with E-state index in [-0.39, 0.29) is 6.04 Å². The van der Waals surface area contributed by atoms with Crippen molar-refractivity contribution in [1.29, 1.82) is 0 Å². The van der Waals surface area contributed by atoms with Crippen molar-refractivity contribution in [2.24, 2.45) is 0 Å². The first-order valence-corrected chi connectivity index (χ1v) is 17.4. The van der Waals surface area contributed by atoms with Gasteiger partial charge in [-0.15, -0.1) is 0 Å². The SMILES string of the molecule is C[C@@H](c1ccccc1)N(P(c1ccccc1)c1ccccc1)P(=[Se])(c1ccccc1)c1ccccc1. The summed E-state index contributed by atoms with van der Waals surface area (Å²) in [5.41, 5.74) is -0.833. The van der Waals surface area contributed by atoms with Crippen LogP contribution in [0.3, 0.4) is 0 Å². The molecule has 0 saturated carbocycles. The summed E-state index contributed by atoms with van der Waals surface area (Å²) in [6, 6.07) is 55.3.